The van der Waals surface area contributed by atoms with Crippen molar-refractivity contribution in [3.05, 3.63) is 0 Å². The first-order valence-electron chi connectivity index (χ1n) is 9.39. The van der Waals surface area contributed by atoms with Gasteiger partial charge >= 0.3 is 5.97 Å². The fraction of sp³-hybridized carbons (Fsp3) is 0.947. The molecule has 0 aliphatic carbocycles. The normalized spacial score (nSPS) is 32.3. The van der Waals surface area contributed by atoms with Crippen LogP contribution in [0.2, 0.25) is 0 Å². The molecule has 2 aliphatic rings. The number of aliphatic hydroxyl groups is 2. The summed E-state index contributed by atoms with van der Waals surface area (Å²) in [7, 11) is 0. The molecule has 2 rings (SSSR count). The molecule has 0 aromatic heterocycles. The zero-order valence-corrected chi connectivity index (χ0v) is 16.7. The summed E-state index contributed by atoms with van der Waals surface area (Å²) in [6.07, 6.45) is -0.278. The van der Waals surface area contributed by atoms with Crippen LogP contribution >= 0.6 is 0 Å². The van der Waals surface area contributed by atoms with Crippen LogP contribution < -0.4 is 0 Å². The van der Waals surface area contributed by atoms with Gasteiger partial charge in [0.2, 0.25) is 0 Å². The standard InChI is InChI=1S/C19H36N2O4/c1-18(2,3)20-7-13(11-22)15(9-20)17(24)25-16-10-21(19(4,5)6)8-14(16)12-23/h13-16,22-23H,7-12H2,1-6H3. The van der Waals surface area contributed by atoms with Gasteiger partial charge in [-0.3, -0.25) is 14.6 Å². The number of hydrogen-bond acceptors (Lipinski definition) is 6. The van der Waals surface area contributed by atoms with Crippen LogP contribution in [0, 0.1) is 17.8 Å². The number of carbonyl (C=O) groups is 1. The molecule has 6 nitrogen and oxygen atoms in total. The van der Waals surface area contributed by atoms with Crippen molar-refractivity contribution in [1.29, 1.82) is 0 Å². The van der Waals surface area contributed by atoms with Gasteiger partial charge in [-0.2, -0.15) is 0 Å². The predicted molar refractivity (Wildman–Crippen MR) is 97.2 cm³/mol. The number of esters is 1. The molecule has 2 fully saturated rings. The monoisotopic (exact) mass is 356 g/mol. The first kappa shape index (κ1) is 20.6. The minimum Gasteiger partial charge on any atom is -0.460 e. The van der Waals surface area contributed by atoms with Crippen molar-refractivity contribution in [2.75, 3.05) is 39.4 Å². The van der Waals surface area contributed by atoms with Crippen LogP contribution in [-0.4, -0.2) is 82.6 Å². The van der Waals surface area contributed by atoms with E-state index < -0.39 is 0 Å². The van der Waals surface area contributed by atoms with E-state index >= 15 is 0 Å². The van der Waals surface area contributed by atoms with Gasteiger partial charge in [-0.1, -0.05) is 0 Å². The van der Waals surface area contributed by atoms with Crippen molar-refractivity contribution in [1.82, 2.24) is 9.80 Å². The first-order chi connectivity index (χ1) is 11.5. The number of hydrogen-bond donors (Lipinski definition) is 2. The van der Waals surface area contributed by atoms with Crippen molar-refractivity contribution < 1.29 is 19.7 Å². The molecule has 0 radical (unpaired) electrons. The van der Waals surface area contributed by atoms with E-state index in [9.17, 15) is 15.0 Å². The number of ether oxygens (including phenoxy) is 1. The van der Waals surface area contributed by atoms with Crippen LogP contribution in [0.4, 0.5) is 0 Å². The Kier molecular flexibility index (Phi) is 6.19. The molecule has 0 aromatic rings. The Morgan fingerprint density at radius 3 is 1.84 bits per heavy atom. The Hall–Kier alpha value is -0.690. The highest BCUT2D eigenvalue weighted by Gasteiger charge is 2.45. The SMILES string of the molecule is CC(C)(C)N1CC(CO)C(OC(=O)C2CN(C(C)(C)C)CC2CO)C1. The highest BCUT2D eigenvalue weighted by atomic mass is 16.5. The molecule has 0 bridgehead atoms. The fourth-order valence-electron chi connectivity index (χ4n) is 3.81. The second-order valence-corrected chi connectivity index (χ2v) is 9.62. The Labute approximate surface area is 152 Å². The minimum absolute atomic E-state index is 0.00540. The van der Waals surface area contributed by atoms with Gasteiger partial charge in [-0.05, 0) is 41.5 Å². The summed E-state index contributed by atoms with van der Waals surface area (Å²) in [5.41, 5.74) is -0.0505. The van der Waals surface area contributed by atoms with E-state index in [1.807, 2.05) is 0 Å². The zero-order chi connectivity index (χ0) is 19.0. The lowest BCUT2D eigenvalue weighted by Gasteiger charge is -2.32. The Morgan fingerprint density at radius 2 is 1.36 bits per heavy atom. The molecule has 6 heteroatoms. The van der Waals surface area contributed by atoms with E-state index in [0.717, 1.165) is 6.54 Å². The van der Waals surface area contributed by atoms with Gasteiger partial charge in [0.05, 0.1) is 12.5 Å². The summed E-state index contributed by atoms with van der Waals surface area (Å²) in [6, 6.07) is 0. The largest absolute Gasteiger partial charge is 0.460 e. The smallest absolute Gasteiger partial charge is 0.310 e. The molecular formula is C19H36N2O4. The van der Waals surface area contributed by atoms with Gasteiger partial charge in [0, 0.05) is 55.7 Å². The quantitative estimate of drug-likeness (QED) is 0.731. The van der Waals surface area contributed by atoms with Crippen LogP contribution in [0.3, 0.4) is 0 Å². The number of likely N-dealkylation sites (tertiary alicyclic amines) is 2. The lowest BCUT2D eigenvalue weighted by atomic mass is 9.97. The minimum atomic E-state index is -0.299. The molecule has 146 valence electrons. The summed E-state index contributed by atoms with van der Waals surface area (Å²) >= 11 is 0. The number of nitrogens with zero attached hydrogens (tertiary/aromatic N) is 2. The molecule has 0 saturated carbocycles. The van der Waals surface area contributed by atoms with Crippen LogP contribution in [0.15, 0.2) is 0 Å². The molecule has 0 amide bonds. The maximum atomic E-state index is 12.8. The van der Waals surface area contributed by atoms with Crippen molar-refractivity contribution in [2.24, 2.45) is 17.8 Å². The van der Waals surface area contributed by atoms with Gasteiger partial charge in [0.15, 0.2) is 0 Å². The lowest BCUT2D eigenvalue weighted by Crippen LogP contribution is -2.41. The fourth-order valence-corrected chi connectivity index (χ4v) is 3.81. The molecule has 2 heterocycles. The third kappa shape index (κ3) is 4.73. The maximum Gasteiger partial charge on any atom is 0.310 e. The third-order valence-corrected chi connectivity index (χ3v) is 5.76. The van der Waals surface area contributed by atoms with Crippen molar-refractivity contribution in [2.45, 2.75) is 58.7 Å². The molecule has 2 saturated heterocycles. The lowest BCUT2D eigenvalue weighted by molar-refractivity contribution is -0.157. The highest BCUT2D eigenvalue weighted by Crippen LogP contribution is 2.32. The van der Waals surface area contributed by atoms with E-state index in [1.54, 1.807) is 0 Å². The van der Waals surface area contributed by atoms with Gasteiger partial charge in [0.25, 0.3) is 0 Å². The van der Waals surface area contributed by atoms with Gasteiger partial charge < -0.3 is 14.9 Å². The average molecular weight is 357 g/mol. The van der Waals surface area contributed by atoms with E-state index in [0.29, 0.717) is 19.6 Å². The van der Waals surface area contributed by atoms with Crippen molar-refractivity contribution >= 4 is 5.97 Å². The molecule has 0 aromatic carbocycles. The van der Waals surface area contributed by atoms with Crippen molar-refractivity contribution in [3.8, 4) is 0 Å². The van der Waals surface area contributed by atoms with E-state index in [-0.39, 0.29) is 54.1 Å². The van der Waals surface area contributed by atoms with Gasteiger partial charge in [0.1, 0.15) is 6.10 Å². The second-order valence-electron chi connectivity index (χ2n) is 9.62. The van der Waals surface area contributed by atoms with Crippen molar-refractivity contribution in [3.63, 3.8) is 0 Å². The van der Waals surface area contributed by atoms with Gasteiger partial charge in [-0.25, -0.2) is 0 Å². The number of aliphatic hydroxyl groups excluding tert-OH is 2. The summed E-state index contributed by atoms with van der Waals surface area (Å²) in [6.45, 7) is 15.5. The summed E-state index contributed by atoms with van der Waals surface area (Å²) < 4.78 is 5.84. The van der Waals surface area contributed by atoms with E-state index in [4.69, 9.17) is 4.74 Å². The molecule has 2 N–H and O–H groups in total. The van der Waals surface area contributed by atoms with Crippen LogP contribution in [0.5, 0.6) is 0 Å². The highest BCUT2D eigenvalue weighted by molar-refractivity contribution is 5.74. The molecule has 4 unspecified atom stereocenters. The Morgan fingerprint density at radius 1 is 0.880 bits per heavy atom. The summed E-state index contributed by atoms with van der Waals surface area (Å²) in [4.78, 5) is 17.3. The third-order valence-electron chi connectivity index (χ3n) is 5.76. The summed E-state index contributed by atoms with van der Waals surface area (Å²) in [5.74, 6) is -0.660. The van der Waals surface area contributed by atoms with Gasteiger partial charge in [-0.15, -0.1) is 0 Å². The van der Waals surface area contributed by atoms with Crippen LogP contribution in [0.25, 0.3) is 0 Å². The van der Waals surface area contributed by atoms with Crippen LogP contribution in [0.1, 0.15) is 41.5 Å². The average Bonchev–Trinajstić information content (AvgIpc) is 3.09. The Balaban J connectivity index is 2.03. The van der Waals surface area contributed by atoms with Crippen LogP contribution in [-0.2, 0) is 9.53 Å². The molecule has 0 spiro atoms. The topological polar surface area (TPSA) is 73.2 Å². The zero-order valence-electron chi connectivity index (χ0n) is 16.7. The van der Waals surface area contributed by atoms with E-state index in [2.05, 4.69) is 51.3 Å². The maximum absolute atomic E-state index is 12.8. The Bertz CT molecular complexity index is 469. The molecule has 4 atom stereocenters. The van der Waals surface area contributed by atoms with E-state index in [1.165, 1.54) is 0 Å². The first-order valence-corrected chi connectivity index (χ1v) is 9.39. The summed E-state index contributed by atoms with van der Waals surface area (Å²) in [5, 5.41) is 19.4. The molecule has 25 heavy (non-hydrogen) atoms. The molecule has 2 aliphatic heterocycles. The number of rotatable bonds is 4. The second kappa shape index (κ2) is 7.51. The number of carbonyl (C=O) groups excluding carboxylic acids is 1. The predicted octanol–water partition coefficient (Wildman–Crippen LogP) is 0.960. The molecular weight excluding hydrogens is 320 g/mol.